The van der Waals surface area contributed by atoms with Crippen LogP contribution in [0.15, 0.2) is 11.5 Å². The zero-order valence-electron chi connectivity index (χ0n) is 15.7. The Morgan fingerprint density at radius 2 is 2.12 bits per heavy atom. The Morgan fingerprint density at radius 1 is 1.36 bits per heavy atom. The average molecular weight is 370 g/mol. The first-order valence-corrected chi connectivity index (χ1v) is 10.1. The maximum atomic E-state index is 12.2. The molecule has 1 aromatic rings. The number of carbonyl (C=O) groups excluding carboxylic acids is 1. The fourth-order valence-electron chi connectivity index (χ4n) is 2.82. The van der Waals surface area contributed by atoms with Crippen molar-refractivity contribution in [1.29, 1.82) is 0 Å². The van der Waals surface area contributed by atoms with Crippen LogP contribution in [0, 0.1) is 0 Å². The zero-order chi connectivity index (χ0) is 18.1. The van der Waals surface area contributed by atoms with Gasteiger partial charge in [0.05, 0.1) is 19.0 Å². The molecule has 1 aliphatic rings. The molecule has 1 saturated heterocycles. The van der Waals surface area contributed by atoms with Gasteiger partial charge in [0, 0.05) is 31.7 Å². The first kappa shape index (κ1) is 20.2. The minimum Gasteiger partial charge on any atom is -0.379 e. The Morgan fingerprint density at radius 3 is 2.84 bits per heavy atom. The smallest absolute Gasteiger partial charge is 0.230 e. The number of amides is 1. The SMILES string of the molecule is CCCCCn1cnnc1SCC(=O)NCC(C)(C)N1CCOCC1. The third-order valence-corrected chi connectivity index (χ3v) is 5.48. The molecule has 0 aliphatic carbocycles. The summed E-state index contributed by atoms with van der Waals surface area (Å²) in [6.45, 7) is 11.4. The number of hydrogen-bond acceptors (Lipinski definition) is 6. The summed E-state index contributed by atoms with van der Waals surface area (Å²) in [4.78, 5) is 14.6. The minimum atomic E-state index is -0.0652. The van der Waals surface area contributed by atoms with Crippen molar-refractivity contribution in [1.82, 2.24) is 25.0 Å². The van der Waals surface area contributed by atoms with Gasteiger partial charge in [-0.1, -0.05) is 31.5 Å². The van der Waals surface area contributed by atoms with E-state index in [9.17, 15) is 4.79 Å². The van der Waals surface area contributed by atoms with E-state index in [0.717, 1.165) is 44.4 Å². The summed E-state index contributed by atoms with van der Waals surface area (Å²) >= 11 is 1.45. The van der Waals surface area contributed by atoms with Gasteiger partial charge < -0.3 is 14.6 Å². The lowest BCUT2D eigenvalue weighted by atomic mass is 10.0. The van der Waals surface area contributed by atoms with Crippen LogP contribution in [0.4, 0.5) is 0 Å². The number of carbonyl (C=O) groups is 1. The first-order chi connectivity index (χ1) is 12.0. The Kier molecular flexibility index (Phi) is 8.18. The first-order valence-electron chi connectivity index (χ1n) is 9.13. The molecule has 2 rings (SSSR count). The molecule has 0 aromatic carbocycles. The van der Waals surface area contributed by atoms with Crippen LogP contribution in [0.5, 0.6) is 0 Å². The van der Waals surface area contributed by atoms with Crippen molar-refractivity contribution in [3.05, 3.63) is 6.33 Å². The second kappa shape index (κ2) is 10.1. The summed E-state index contributed by atoms with van der Waals surface area (Å²) in [5, 5.41) is 12.0. The number of nitrogens with zero attached hydrogens (tertiary/aromatic N) is 4. The summed E-state index contributed by atoms with van der Waals surface area (Å²) in [7, 11) is 0. The van der Waals surface area contributed by atoms with Gasteiger partial charge in [-0.25, -0.2) is 0 Å². The molecule has 1 N–H and O–H groups in total. The van der Waals surface area contributed by atoms with Gasteiger partial charge in [-0.05, 0) is 20.3 Å². The van der Waals surface area contributed by atoms with E-state index < -0.39 is 0 Å². The fourth-order valence-corrected chi connectivity index (χ4v) is 3.59. The second-order valence-corrected chi connectivity index (χ2v) is 7.93. The van der Waals surface area contributed by atoms with Gasteiger partial charge >= 0.3 is 0 Å². The number of morpholine rings is 1. The maximum absolute atomic E-state index is 12.2. The molecule has 25 heavy (non-hydrogen) atoms. The lowest BCUT2D eigenvalue weighted by molar-refractivity contribution is -0.119. The Labute approximate surface area is 154 Å². The average Bonchev–Trinajstić information content (AvgIpc) is 3.07. The maximum Gasteiger partial charge on any atom is 0.230 e. The molecule has 7 nitrogen and oxygen atoms in total. The molecular weight excluding hydrogens is 338 g/mol. The molecule has 1 aromatic heterocycles. The molecule has 1 amide bonds. The van der Waals surface area contributed by atoms with E-state index in [4.69, 9.17) is 4.74 Å². The largest absolute Gasteiger partial charge is 0.379 e. The highest BCUT2D eigenvalue weighted by Crippen LogP contribution is 2.17. The second-order valence-electron chi connectivity index (χ2n) is 6.99. The highest BCUT2D eigenvalue weighted by molar-refractivity contribution is 7.99. The lowest BCUT2D eigenvalue weighted by Gasteiger charge is -2.40. The van der Waals surface area contributed by atoms with E-state index >= 15 is 0 Å². The van der Waals surface area contributed by atoms with Crippen molar-refractivity contribution in [2.45, 2.75) is 57.3 Å². The summed E-state index contributed by atoms with van der Waals surface area (Å²) in [5.74, 6) is 0.403. The monoisotopic (exact) mass is 369 g/mol. The normalized spacial score (nSPS) is 16.1. The molecular formula is C17H31N5O2S. The number of hydrogen-bond donors (Lipinski definition) is 1. The number of aromatic nitrogens is 3. The van der Waals surface area contributed by atoms with Crippen LogP contribution < -0.4 is 5.32 Å². The molecule has 142 valence electrons. The quantitative estimate of drug-likeness (QED) is 0.501. The van der Waals surface area contributed by atoms with Crippen molar-refractivity contribution < 1.29 is 9.53 Å². The van der Waals surface area contributed by atoms with E-state index in [2.05, 4.69) is 41.2 Å². The zero-order valence-corrected chi connectivity index (χ0v) is 16.5. The van der Waals surface area contributed by atoms with Crippen molar-refractivity contribution in [2.75, 3.05) is 38.6 Å². The molecule has 0 unspecified atom stereocenters. The van der Waals surface area contributed by atoms with E-state index in [1.165, 1.54) is 24.6 Å². The molecule has 0 spiro atoms. The van der Waals surface area contributed by atoms with Crippen LogP contribution in [0.2, 0.25) is 0 Å². The predicted molar refractivity (Wildman–Crippen MR) is 99.8 cm³/mol. The Balaban J connectivity index is 1.72. The summed E-state index contributed by atoms with van der Waals surface area (Å²) in [6.07, 6.45) is 5.24. The molecule has 0 radical (unpaired) electrons. The highest BCUT2D eigenvalue weighted by Gasteiger charge is 2.28. The van der Waals surface area contributed by atoms with Crippen LogP contribution >= 0.6 is 11.8 Å². The van der Waals surface area contributed by atoms with E-state index in [1.54, 1.807) is 6.33 Å². The van der Waals surface area contributed by atoms with Gasteiger partial charge in [0.2, 0.25) is 5.91 Å². The summed E-state index contributed by atoms with van der Waals surface area (Å²) < 4.78 is 7.43. The van der Waals surface area contributed by atoms with Gasteiger partial charge in [0.1, 0.15) is 6.33 Å². The van der Waals surface area contributed by atoms with Crippen LogP contribution in [-0.4, -0.2) is 69.7 Å². The topological polar surface area (TPSA) is 72.3 Å². The number of rotatable bonds is 10. The van der Waals surface area contributed by atoms with Crippen LogP contribution in [0.3, 0.4) is 0 Å². The molecule has 1 aliphatic heterocycles. The summed E-state index contributed by atoms with van der Waals surface area (Å²) in [5.41, 5.74) is -0.0652. The van der Waals surface area contributed by atoms with Gasteiger partial charge in [-0.15, -0.1) is 10.2 Å². The van der Waals surface area contributed by atoms with Crippen molar-refractivity contribution in [2.24, 2.45) is 0 Å². The number of ether oxygens (including phenoxy) is 1. The van der Waals surface area contributed by atoms with Crippen molar-refractivity contribution >= 4 is 17.7 Å². The predicted octanol–water partition coefficient (Wildman–Crippen LogP) is 1.79. The number of thioether (sulfide) groups is 1. The Bertz CT molecular complexity index is 529. The standard InChI is InChI=1S/C17H31N5O2S/c1-4-5-6-7-21-14-19-20-16(21)25-12-15(23)18-13-17(2,3)22-8-10-24-11-9-22/h14H,4-13H2,1-3H3,(H,18,23). The fraction of sp³-hybridized carbons (Fsp3) is 0.824. The molecule has 2 heterocycles. The van der Waals surface area contributed by atoms with Crippen molar-refractivity contribution in [3.8, 4) is 0 Å². The molecule has 0 atom stereocenters. The molecule has 8 heteroatoms. The van der Waals surface area contributed by atoms with Crippen LogP contribution in [-0.2, 0) is 16.1 Å². The number of nitrogens with one attached hydrogen (secondary N) is 1. The van der Waals surface area contributed by atoms with Gasteiger partial charge in [-0.3, -0.25) is 9.69 Å². The number of unbranched alkanes of at least 4 members (excludes halogenated alkanes) is 2. The molecule has 1 fully saturated rings. The van der Waals surface area contributed by atoms with E-state index in [0.29, 0.717) is 12.3 Å². The minimum absolute atomic E-state index is 0.0365. The molecule has 0 saturated carbocycles. The van der Waals surface area contributed by atoms with Gasteiger partial charge in [0.25, 0.3) is 0 Å². The van der Waals surface area contributed by atoms with Gasteiger partial charge in [-0.2, -0.15) is 0 Å². The summed E-state index contributed by atoms with van der Waals surface area (Å²) in [6, 6.07) is 0. The van der Waals surface area contributed by atoms with Crippen molar-refractivity contribution in [3.63, 3.8) is 0 Å². The van der Waals surface area contributed by atoms with E-state index in [-0.39, 0.29) is 11.4 Å². The highest BCUT2D eigenvalue weighted by atomic mass is 32.2. The van der Waals surface area contributed by atoms with Gasteiger partial charge in [0.15, 0.2) is 5.16 Å². The third kappa shape index (κ3) is 6.60. The molecule has 0 bridgehead atoms. The van der Waals surface area contributed by atoms with Crippen LogP contribution in [0.25, 0.3) is 0 Å². The van der Waals surface area contributed by atoms with E-state index in [1.807, 2.05) is 4.57 Å². The lowest BCUT2D eigenvalue weighted by Crippen LogP contribution is -2.55. The number of aryl methyl sites for hydroxylation is 1. The Hall–Kier alpha value is -1.12. The third-order valence-electron chi connectivity index (χ3n) is 4.50. The van der Waals surface area contributed by atoms with Crippen LogP contribution in [0.1, 0.15) is 40.0 Å².